The van der Waals surface area contributed by atoms with Crippen LogP contribution in [0.5, 0.6) is 0 Å². The molecule has 7 nitrogen and oxygen atoms in total. The van der Waals surface area contributed by atoms with Gasteiger partial charge in [0.25, 0.3) is 5.91 Å². The van der Waals surface area contributed by atoms with Gasteiger partial charge in [0.15, 0.2) is 9.84 Å². The van der Waals surface area contributed by atoms with Crippen LogP contribution in [0.2, 0.25) is 0 Å². The molecule has 0 spiro atoms. The van der Waals surface area contributed by atoms with Crippen LogP contribution in [0.3, 0.4) is 0 Å². The number of carbonyl (C=O) groups excluding carboxylic acids is 1. The summed E-state index contributed by atoms with van der Waals surface area (Å²) >= 11 is 0. The first-order valence-corrected chi connectivity index (χ1v) is 13.7. The van der Waals surface area contributed by atoms with E-state index < -0.39 is 45.5 Å². The summed E-state index contributed by atoms with van der Waals surface area (Å²) < 4.78 is 66.7. The number of halogens is 3. The third-order valence-electron chi connectivity index (χ3n) is 6.27. The Morgan fingerprint density at radius 3 is 2.21 bits per heavy atom. The molecule has 2 aromatic carbocycles. The van der Waals surface area contributed by atoms with Crippen LogP contribution in [-0.2, 0) is 28.0 Å². The molecule has 1 unspecified atom stereocenters. The Morgan fingerprint density at radius 2 is 1.68 bits per heavy atom. The topological polar surface area (TPSA) is 101 Å². The number of sulfone groups is 1. The molecule has 0 aliphatic heterocycles. The van der Waals surface area contributed by atoms with Gasteiger partial charge in [-0.15, -0.1) is 0 Å². The monoisotopic (exact) mass is 551 g/mol. The minimum atomic E-state index is -4.53. The van der Waals surface area contributed by atoms with Gasteiger partial charge in [0.05, 0.1) is 28.9 Å². The first-order valence-electron chi connectivity index (χ1n) is 12.1. The van der Waals surface area contributed by atoms with Crippen molar-refractivity contribution in [2.45, 2.75) is 63.7 Å². The van der Waals surface area contributed by atoms with E-state index in [1.807, 2.05) is 20.8 Å². The van der Waals surface area contributed by atoms with Crippen LogP contribution in [0, 0.1) is 6.92 Å². The summed E-state index contributed by atoms with van der Waals surface area (Å²) in [6, 6.07) is 10.3. The van der Waals surface area contributed by atoms with Crippen molar-refractivity contribution >= 4 is 15.7 Å². The van der Waals surface area contributed by atoms with Crippen molar-refractivity contribution in [1.82, 2.24) is 14.9 Å². The average molecular weight is 552 g/mol. The molecule has 1 heterocycles. The smallest absolute Gasteiger partial charge is 0.394 e. The average Bonchev–Trinajstić information content (AvgIpc) is 3.18. The fraction of sp³-hybridized carbons (Fsp3) is 0.407. The van der Waals surface area contributed by atoms with E-state index in [0.717, 1.165) is 6.07 Å². The highest BCUT2D eigenvalue weighted by atomic mass is 32.2. The van der Waals surface area contributed by atoms with Gasteiger partial charge in [-0.05, 0) is 36.2 Å². The van der Waals surface area contributed by atoms with Gasteiger partial charge in [0.1, 0.15) is 11.5 Å². The summed E-state index contributed by atoms with van der Waals surface area (Å²) in [6.07, 6.45) is -4.53. The van der Waals surface area contributed by atoms with Gasteiger partial charge in [-0.3, -0.25) is 4.79 Å². The van der Waals surface area contributed by atoms with E-state index >= 15 is 0 Å². The van der Waals surface area contributed by atoms with Crippen molar-refractivity contribution in [2.75, 3.05) is 12.4 Å². The second-order valence-electron chi connectivity index (χ2n) is 10.0. The number of aliphatic hydroxyl groups is 1. The van der Waals surface area contributed by atoms with Gasteiger partial charge in [-0.2, -0.15) is 13.2 Å². The molecule has 3 rings (SSSR count). The van der Waals surface area contributed by atoms with Gasteiger partial charge in [-0.1, -0.05) is 58.0 Å². The molecule has 206 valence electrons. The first-order chi connectivity index (χ1) is 17.6. The van der Waals surface area contributed by atoms with E-state index in [2.05, 4.69) is 10.3 Å². The second kappa shape index (κ2) is 10.9. The van der Waals surface area contributed by atoms with Crippen molar-refractivity contribution < 1.29 is 31.5 Å². The van der Waals surface area contributed by atoms with Crippen LogP contribution in [0.1, 0.15) is 72.4 Å². The minimum Gasteiger partial charge on any atom is -0.394 e. The maximum absolute atomic E-state index is 13.6. The van der Waals surface area contributed by atoms with E-state index in [4.69, 9.17) is 0 Å². The quantitative estimate of drug-likeness (QED) is 0.418. The Kier molecular flexibility index (Phi) is 8.42. The Balaban J connectivity index is 1.96. The molecule has 0 saturated heterocycles. The Hall–Kier alpha value is -3.18. The zero-order valence-electron chi connectivity index (χ0n) is 21.9. The van der Waals surface area contributed by atoms with Gasteiger partial charge < -0.3 is 15.0 Å². The molecule has 1 atom stereocenters. The number of rotatable bonds is 8. The molecule has 1 amide bonds. The molecule has 0 radical (unpaired) electrons. The highest BCUT2D eigenvalue weighted by Crippen LogP contribution is 2.33. The third-order valence-corrected chi connectivity index (χ3v) is 8.02. The van der Waals surface area contributed by atoms with Crippen LogP contribution in [-0.4, -0.2) is 41.3 Å². The highest BCUT2D eigenvalue weighted by Gasteiger charge is 2.34. The normalized spacial score (nSPS) is 13.4. The summed E-state index contributed by atoms with van der Waals surface area (Å²) in [4.78, 5) is 17.9. The lowest BCUT2D eigenvalue weighted by molar-refractivity contribution is -0.138. The van der Waals surface area contributed by atoms with E-state index in [0.29, 0.717) is 17.1 Å². The minimum absolute atomic E-state index is 0.0306. The number of nitrogens with one attached hydrogen (secondary N) is 1. The molecule has 0 fully saturated rings. The zero-order chi connectivity index (χ0) is 28.5. The molecule has 38 heavy (non-hydrogen) atoms. The summed E-state index contributed by atoms with van der Waals surface area (Å²) in [5.41, 5.74) is -0.397. The molecule has 0 aliphatic rings. The third kappa shape index (κ3) is 6.27. The fourth-order valence-corrected chi connectivity index (χ4v) is 5.04. The van der Waals surface area contributed by atoms with E-state index in [1.54, 1.807) is 11.5 Å². The van der Waals surface area contributed by atoms with Crippen molar-refractivity contribution in [3.05, 3.63) is 82.4 Å². The molecule has 3 aromatic rings. The maximum Gasteiger partial charge on any atom is 0.416 e. The van der Waals surface area contributed by atoms with Crippen LogP contribution in [0.25, 0.3) is 0 Å². The number of nitrogens with zero attached hydrogens (tertiary/aromatic N) is 2. The predicted molar refractivity (Wildman–Crippen MR) is 138 cm³/mol. The van der Waals surface area contributed by atoms with Crippen molar-refractivity contribution in [1.29, 1.82) is 0 Å². The van der Waals surface area contributed by atoms with Gasteiger partial charge >= 0.3 is 6.18 Å². The van der Waals surface area contributed by atoms with E-state index in [9.17, 15) is 31.5 Å². The lowest BCUT2D eigenvalue weighted by atomic mass is 9.95. The Bertz CT molecular complexity index is 1410. The van der Waals surface area contributed by atoms with E-state index in [1.165, 1.54) is 49.4 Å². The van der Waals surface area contributed by atoms with Crippen molar-refractivity contribution in [3.63, 3.8) is 0 Å². The Morgan fingerprint density at radius 1 is 1.08 bits per heavy atom. The molecule has 0 saturated carbocycles. The van der Waals surface area contributed by atoms with Crippen LogP contribution < -0.4 is 5.32 Å². The zero-order valence-corrected chi connectivity index (χ0v) is 22.7. The largest absolute Gasteiger partial charge is 0.416 e. The number of amides is 1. The number of imidazole rings is 1. The summed E-state index contributed by atoms with van der Waals surface area (Å²) in [7, 11) is -3.41. The molecular weight excluding hydrogens is 519 g/mol. The van der Waals surface area contributed by atoms with Gasteiger partial charge in [0, 0.05) is 17.7 Å². The molecule has 0 bridgehead atoms. The lowest BCUT2D eigenvalue weighted by Crippen LogP contribution is -2.31. The van der Waals surface area contributed by atoms with Crippen molar-refractivity contribution in [2.24, 2.45) is 0 Å². The number of alkyl halides is 3. The standard InChI is InChI=1S/C27H32F3N3O4S/c1-6-38(36,37)20-13-11-18(12-14-20)22(16-34)31-24(35)23-17(2)33(25(32-23)26(3,4)5)15-19-9-7-8-10-21(19)27(28,29)30/h7-14,22,34H,6,15-16H2,1-5H3,(H,31,35). The lowest BCUT2D eigenvalue weighted by Gasteiger charge is -2.22. The van der Waals surface area contributed by atoms with Crippen LogP contribution in [0.4, 0.5) is 13.2 Å². The van der Waals surface area contributed by atoms with Crippen LogP contribution >= 0.6 is 0 Å². The predicted octanol–water partition coefficient (Wildman–Crippen LogP) is 4.81. The summed E-state index contributed by atoms with van der Waals surface area (Å²) in [5.74, 6) is -0.232. The summed E-state index contributed by atoms with van der Waals surface area (Å²) in [5, 5.41) is 12.7. The summed E-state index contributed by atoms with van der Waals surface area (Å²) in [6.45, 7) is 8.11. The molecule has 1 aromatic heterocycles. The number of hydrogen-bond acceptors (Lipinski definition) is 5. The maximum atomic E-state index is 13.6. The molecule has 11 heteroatoms. The van der Waals surface area contributed by atoms with Gasteiger partial charge in [0.2, 0.25) is 0 Å². The number of aliphatic hydroxyl groups excluding tert-OH is 1. The van der Waals surface area contributed by atoms with Crippen LogP contribution in [0.15, 0.2) is 53.4 Å². The van der Waals surface area contributed by atoms with E-state index in [-0.39, 0.29) is 28.5 Å². The number of benzene rings is 2. The van der Waals surface area contributed by atoms with Gasteiger partial charge in [-0.25, -0.2) is 13.4 Å². The van der Waals surface area contributed by atoms with Crippen molar-refractivity contribution in [3.8, 4) is 0 Å². The highest BCUT2D eigenvalue weighted by molar-refractivity contribution is 7.91. The first kappa shape index (κ1) is 29.4. The number of carbonyl (C=O) groups is 1. The number of hydrogen-bond donors (Lipinski definition) is 2. The molecule has 2 N–H and O–H groups in total. The Labute approximate surface area is 220 Å². The number of aromatic nitrogens is 2. The molecule has 0 aliphatic carbocycles. The fourth-order valence-electron chi connectivity index (χ4n) is 4.16. The molecular formula is C27H32F3N3O4S. The second-order valence-corrected chi connectivity index (χ2v) is 12.3. The SMILES string of the molecule is CCS(=O)(=O)c1ccc(C(CO)NC(=O)c2nc(C(C)(C)C)n(Cc3ccccc3C(F)(F)F)c2C)cc1.